The van der Waals surface area contributed by atoms with E-state index >= 15 is 0 Å². The van der Waals surface area contributed by atoms with Gasteiger partial charge in [0.15, 0.2) is 0 Å². The summed E-state index contributed by atoms with van der Waals surface area (Å²) in [5.74, 6) is 0. The van der Waals surface area contributed by atoms with Crippen LogP contribution in [0.3, 0.4) is 0 Å². The molecule has 0 atom stereocenters. The van der Waals surface area contributed by atoms with Crippen LogP contribution < -0.4 is 26.3 Å². The summed E-state index contributed by atoms with van der Waals surface area (Å²) in [4.78, 5) is 12.6. The molecule has 0 amide bonds. The first-order chi connectivity index (χ1) is 21.9. The zero-order valence-electron chi connectivity index (χ0n) is 26.3. The molecule has 0 saturated carbocycles. The molecular formula is C42H43OPSi. The third-order valence-corrected chi connectivity index (χ3v) is 19.1. The van der Waals surface area contributed by atoms with Crippen molar-refractivity contribution in [2.24, 2.45) is 0 Å². The Morgan fingerprint density at radius 1 is 0.467 bits per heavy atom. The standard InChI is InChI=1S/C42H43OPSi/c1-42(2,45(43,40-24-14-6-15-25-40)41-26-16-7-17-27-41)33-32-35-28-30-36(31-29-35)34-44(37-18-8-3-9-19-37,38-20-10-4-11-21-38)39-22-12-5-13-23-39/h3-31,43-44H,32-34H2,1-2H3. The van der Waals surface area contributed by atoms with Gasteiger partial charge in [0, 0.05) is 0 Å². The van der Waals surface area contributed by atoms with Crippen LogP contribution in [0.4, 0.5) is 0 Å². The van der Waals surface area contributed by atoms with Gasteiger partial charge in [0.05, 0.1) is 0 Å². The van der Waals surface area contributed by atoms with E-state index in [1.165, 1.54) is 27.0 Å². The molecule has 0 aliphatic rings. The van der Waals surface area contributed by atoms with Crippen molar-refractivity contribution in [2.45, 2.75) is 37.9 Å². The van der Waals surface area contributed by atoms with Crippen molar-refractivity contribution in [3.05, 3.63) is 187 Å². The Hall–Kier alpha value is -4.07. The summed E-state index contributed by atoms with van der Waals surface area (Å²) in [6.07, 6.45) is 2.81. The second-order valence-corrected chi connectivity index (χ2v) is 20.6. The topological polar surface area (TPSA) is 20.2 Å². The molecule has 0 aliphatic carbocycles. The van der Waals surface area contributed by atoms with Gasteiger partial charge in [-0.15, -0.1) is 0 Å². The maximum absolute atomic E-state index is 12.6. The zero-order valence-corrected chi connectivity index (χ0v) is 28.3. The number of rotatable bonds is 11. The molecule has 0 heterocycles. The van der Waals surface area contributed by atoms with Crippen LogP contribution in [-0.2, 0) is 12.6 Å². The quantitative estimate of drug-likeness (QED) is 0.118. The van der Waals surface area contributed by atoms with Crippen LogP contribution in [0.2, 0.25) is 5.04 Å². The van der Waals surface area contributed by atoms with Gasteiger partial charge in [-0.25, -0.2) is 0 Å². The summed E-state index contributed by atoms with van der Waals surface area (Å²) in [6, 6.07) is 63.4. The summed E-state index contributed by atoms with van der Waals surface area (Å²) in [7, 11) is -5.39. The SMILES string of the molecule is CC(C)(CCc1ccc(C[PH](c2ccccc2)(c2ccccc2)c2ccccc2)cc1)[Si](O)(c1ccccc1)c1ccccc1. The van der Waals surface area contributed by atoms with Crippen LogP contribution >= 0.6 is 7.26 Å². The third kappa shape index (κ3) is 6.24. The number of benzene rings is 6. The van der Waals surface area contributed by atoms with Gasteiger partial charge in [-0.3, -0.25) is 0 Å². The fourth-order valence-electron chi connectivity index (χ4n) is 7.05. The van der Waals surface area contributed by atoms with E-state index in [0.717, 1.165) is 29.4 Å². The Balaban J connectivity index is 1.30. The van der Waals surface area contributed by atoms with Crippen molar-refractivity contribution in [2.75, 3.05) is 0 Å². The summed E-state index contributed by atoms with van der Waals surface area (Å²) in [5, 5.41) is 6.16. The van der Waals surface area contributed by atoms with E-state index in [1.807, 2.05) is 12.1 Å². The Bertz CT molecular complexity index is 1640. The molecule has 1 N–H and O–H groups in total. The van der Waals surface area contributed by atoms with Crippen molar-refractivity contribution in [1.29, 1.82) is 0 Å². The van der Waals surface area contributed by atoms with Gasteiger partial charge >= 0.3 is 259 Å². The Kier molecular flexibility index (Phi) is 9.28. The monoisotopic (exact) mass is 622 g/mol. The van der Waals surface area contributed by atoms with Crippen LogP contribution in [0, 0.1) is 0 Å². The Morgan fingerprint density at radius 2 is 0.800 bits per heavy atom. The van der Waals surface area contributed by atoms with Gasteiger partial charge in [-0.05, 0) is 0 Å². The van der Waals surface area contributed by atoms with E-state index in [4.69, 9.17) is 0 Å². The third-order valence-electron chi connectivity index (χ3n) is 9.69. The predicted molar refractivity (Wildman–Crippen MR) is 199 cm³/mol. The summed E-state index contributed by atoms with van der Waals surface area (Å²) in [5.41, 5.74) is 2.68. The van der Waals surface area contributed by atoms with Crippen LogP contribution in [0.5, 0.6) is 0 Å². The molecule has 0 aromatic heterocycles. The molecule has 0 unspecified atom stereocenters. The van der Waals surface area contributed by atoms with Gasteiger partial charge in [0.25, 0.3) is 0 Å². The summed E-state index contributed by atoms with van der Waals surface area (Å²) >= 11 is 0. The molecule has 6 aromatic carbocycles. The van der Waals surface area contributed by atoms with Gasteiger partial charge in [-0.2, -0.15) is 0 Å². The van der Waals surface area contributed by atoms with Crippen molar-refractivity contribution in [3.63, 3.8) is 0 Å². The van der Waals surface area contributed by atoms with E-state index in [-0.39, 0.29) is 5.04 Å². The molecule has 0 bridgehead atoms. The average molecular weight is 623 g/mol. The molecule has 3 heteroatoms. The van der Waals surface area contributed by atoms with Gasteiger partial charge in [-0.1, -0.05) is 12.1 Å². The fraction of sp³-hybridized carbons (Fsp3) is 0.143. The van der Waals surface area contributed by atoms with E-state index in [2.05, 4.69) is 178 Å². The Labute approximate surface area is 270 Å². The minimum absolute atomic E-state index is 0.273. The fourth-order valence-corrected chi connectivity index (χ4v) is 15.5. The first-order valence-corrected chi connectivity index (χ1v) is 20.2. The van der Waals surface area contributed by atoms with Crippen molar-refractivity contribution in [3.8, 4) is 0 Å². The maximum atomic E-state index is 12.6. The van der Waals surface area contributed by atoms with Gasteiger partial charge in [0.1, 0.15) is 0 Å². The normalized spacial score (nSPS) is 12.5. The molecule has 1 nitrogen and oxygen atoms in total. The van der Waals surface area contributed by atoms with Crippen LogP contribution in [-0.4, -0.2) is 13.1 Å². The van der Waals surface area contributed by atoms with E-state index < -0.39 is 15.6 Å². The number of aryl methyl sites for hydroxylation is 1. The molecule has 6 rings (SSSR count). The van der Waals surface area contributed by atoms with Gasteiger partial charge < -0.3 is 0 Å². The van der Waals surface area contributed by atoms with Gasteiger partial charge in [0.2, 0.25) is 0 Å². The molecule has 0 saturated heterocycles. The van der Waals surface area contributed by atoms with Crippen LogP contribution in [0.25, 0.3) is 0 Å². The zero-order chi connectivity index (χ0) is 31.2. The first-order valence-electron chi connectivity index (χ1n) is 16.0. The molecule has 45 heavy (non-hydrogen) atoms. The van der Waals surface area contributed by atoms with E-state index in [0.29, 0.717) is 0 Å². The van der Waals surface area contributed by atoms with Crippen LogP contribution in [0.1, 0.15) is 31.4 Å². The second-order valence-electron chi connectivity index (χ2n) is 12.8. The van der Waals surface area contributed by atoms with E-state index in [1.54, 1.807) is 0 Å². The van der Waals surface area contributed by atoms with Crippen LogP contribution in [0.15, 0.2) is 176 Å². The summed E-state index contributed by atoms with van der Waals surface area (Å²) in [6.45, 7) is 4.51. The number of hydrogen-bond donors (Lipinski definition) is 1. The molecule has 226 valence electrons. The number of hydrogen-bond acceptors (Lipinski definition) is 1. The minimum atomic E-state index is -3.03. The summed E-state index contributed by atoms with van der Waals surface area (Å²) < 4.78 is 0. The predicted octanol–water partition coefficient (Wildman–Crippen LogP) is 7.38. The molecule has 0 radical (unpaired) electrons. The van der Waals surface area contributed by atoms with Crippen molar-refractivity contribution < 1.29 is 4.80 Å². The van der Waals surface area contributed by atoms with Crippen molar-refractivity contribution in [1.82, 2.24) is 0 Å². The Morgan fingerprint density at radius 3 is 1.18 bits per heavy atom. The van der Waals surface area contributed by atoms with Crippen molar-refractivity contribution >= 4 is 41.9 Å². The molecule has 0 spiro atoms. The molecule has 0 fully saturated rings. The molecule has 6 aromatic rings. The second kappa shape index (κ2) is 13.5. The molecule has 0 aliphatic heterocycles. The van der Waals surface area contributed by atoms with E-state index in [9.17, 15) is 4.80 Å². The average Bonchev–Trinajstić information content (AvgIpc) is 3.11. The molecular weight excluding hydrogens is 580 g/mol. The first kappa shape index (κ1) is 30.9.